The maximum atomic E-state index is 11.9. The molecule has 7 heteroatoms. The number of carbonyl (C=O) groups excluding carboxylic acids is 2. The molecule has 5 nitrogen and oxygen atoms in total. The summed E-state index contributed by atoms with van der Waals surface area (Å²) in [6.45, 7) is 1.77. The minimum Gasteiger partial charge on any atom is -0.325 e. The molecular weight excluding hydrogens is 385 g/mol. The van der Waals surface area contributed by atoms with E-state index in [1.54, 1.807) is 25.1 Å². The summed E-state index contributed by atoms with van der Waals surface area (Å²) in [5.41, 5.74) is 4.56. The number of halogens is 2. The van der Waals surface area contributed by atoms with Crippen LogP contribution in [0, 0.1) is 0 Å². The number of allylic oxidation sites excluding steroid dienone is 1. The molecule has 2 amide bonds. The number of benzene rings is 2. The van der Waals surface area contributed by atoms with Crippen LogP contribution in [0.3, 0.4) is 0 Å². The number of anilines is 1. The smallest absolute Gasteiger partial charge is 0.240 e. The molecule has 2 rings (SSSR count). The number of nitrogens with zero attached hydrogens (tertiary/aromatic N) is 1. The van der Waals surface area contributed by atoms with E-state index in [2.05, 4.69) is 15.8 Å². The van der Waals surface area contributed by atoms with Gasteiger partial charge in [0.05, 0.1) is 16.4 Å². The lowest BCUT2D eigenvalue weighted by Gasteiger charge is -2.07. The number of hydrazone groups is 1. The molecule has 0 aliphatic carbocycles. The second-order valence-electron chi connectivity index (χ2n) is 5.70. The molecule has 2 aromatic rings. The van der Waals surface area contributed by atoms with Crippen LogP contribution in [0.2, 0.25) is 10.0 Å². The van der Waals surface area contributed by atoms with Gasteiger partial charge in [0, 0.05) is 17.9 Å². The lowest BCUT2D eigenvalue weighted by molar-refractivity contribution is -0.124. The first kappa shape index (κ1) is 20.7. The molecule has 2 N–H and O–H groups in total. The van der Waals surface area contributed by atoms with Crippen LogP contribution in [0.4, 0.5) is 5.69 Å². The van der Waals surface area contributed by atoms with Crippen LogP contribution in [0.15, 0.2) is 59.7 Å². The van der Waals surface area contributed by atoms with Gasteiger partial charge >= 0.3 is 0 Å². The maximum absolute atomic E-state index is 11.9. The van der Waals surface area contributed by atoms with Crippen molar-refractivity contribution in [2.45, 2.75) is 19.8 Å². The summed E-state index contributed by atoms with van der Waals surface area (Å²) in [5.74, 6) is -0.668. The van der Waals surface area contributed by atoms with Crippen LogP contribution in [-0.2, 0) is 9.59 Å². The number of carbonyl (C=O) groups is 2. The van der Waals surface area contributed by atoms with Crippen LogP contribution in [0.5, 0.6) is 0 Å². The van der Waals surface area contributed by atoms with Crippen molar-refractivity contribution >= 4 is 52.5 Å². The average Bonchev–Trinajstić information content (AvgIpc) is 2.66. The van der Waals surface area contributed by atoms with Gasteiger partial charge in [-0.2, -0.15) is 5.10 Å². The van der Waals surface area contributed by atoms with Crippen molar-refractivity contribution in [3.63, 3.8) is 0 Å². The van der Waals surface area contributed by atoms with Crippen molar-refractivity contribution in [3.05, 3.63) is 70.2 Å². The van der Waals surface area contributed by atoms with Crippen LogP contribution in [0.25, 0.3) is 6.08 Å². The Bertz CT molecular complexity index is 865. The molecule has 0 radical (unpaired) electrons. The molecule has 0 spiro atoms. The molecule has 140 valence electrons. The highest BCUT2D eigenvalue weighted by atomic mass is 35.5. The van der Waals surface area contributed by atoms with Gasteiger partial charge < -0.3 is 5.32 Å². The number of hydrogen-bond acceptors (Lipinski definition) is 3. The molecule has 0 bridgehead atoms. The Balaban J connectivity index is 1.76. The van der Waals surface area contributed by atoms with Gasteiger partial charge in [-0.15, -0.1) is 0 Å². The predicted molar refractivity (Wildman–Crippen MR) is 111 cm³/mol. The summed E-state index contributed by atoms with van der Waals surface area (Å²) >= 11 is 11.8. The predicted octanol–water partition coefficient (Wildman–Crippen LogP) is 4.92. The van der Waals surface area contributed by atoms with Crippen molar-refractivity contribution in [2.75, 3.05) is 5.32 Å². The largest absolute Gasteiger partial charge is 0.325 e. The van der Waals surface area contributed by atoms with Crippen LogP contribution in [0.1, 0.15) is 25.3 Å². The first-order chi connectivity index (χ1) is 12.9. The molecule has 0 heterocycles. The van der Waals surface area contributed by atoms with Crippen molar-refractivity contribution in [1.29, 1.82) is 0 Å². The summed E-state index contributed by atoms with van der Waals surface area (Å²) in [5, 5.41) is 7.44. The lowest BCUT2D eigenvalue weighted by Crippen LogP contribution is -2.21. The minimum absolute atomic E-state index is 0.0101. The van der Waals surface area contributed by atoms with Crippen molar-refractivity contribution < 1.29 is 9.59 Å². The van der Waals surface area contributed by atoms with E-state index >= 15 is 0 Å². The van der Waals surface area contributed by atoms with E-state index in [9.17, 15) is 9.59 Å². The molecular formula is C20H19Cl2N3O2. The van der Waals surface area contributed by atoms with E-state index in [1.165, 1.54) is 6.07 Å². The molecule has 2 aromatic carbocycles. The summed E-state index contributed by atoms with van der Waals surface area (Å²) in [4.78, 5) is 23.7. The SMILES string of the molecule is CC(/C=C/c1ccccc1)=N\NC(=O)CCC(=O)Nc1ccc(Cl)cc1Cl. The zero-order chi connectivity index (χ0) is 19.6. The lowest BCUT2D eigenvalue weighted by atomic mass is 10.2. The molecule has 0 aliphatic heterocycles. The maximum Gasteiger partial charge on any atom is 0.240 e. The normalized spacial score (nSPS) is 11.4. The second kappa shape index (κ2) is 10.5. The topological polar surface area (TPSA) is 70.6 Å². The molecule has 0 fully saturated rings. The van der Waals surface area contributed by atoms with Gasteiger partial charge in [-0.1, -0.05) is 59.6 Å². The van der Waals surface area contributed by atoms with Gasteiger partial charge in [0.25, 0.3) is 0 Å². The van der Waals surface area contributed by atoms with Gasteiger partial charge in [-0.3, -0.25) is 9.59 Å². The third kappa shape index (κ3) is 7.64. The summed E-state index contributed by atoms with van der Waals surface area (Å²) < 4.78 is 0. The molecule has 0 saturated carbocycles. The first-order valence-electron chi connectivity index (χ1n) is 8.25. The third-order valence-electron chi connectivity index (χ3n) is 3.46. The molecule has 0 unspecified atom stereocenters. The van der Waals surface area contributed by atoms with Crippen molar-refractivity contribution in [2.24, 2.45) is 5.10 Å². The second-order valence-corrected chi connectivity index (χ2v) is 6.55. The highest BCUT2D eigenvalue weighted by Gasteiger charge is 2.09. The summed E-state index contributed by atoms with van der Waals surface area (Å²) in [6.07, 6.45) is 3.72. The zero-order valence-corrected chi connectivity index (χ0v) is 16.2. The Morgan fingerprint density at radius 3 is 2.44 bits per heavy atom. The molecule has 0 aliphatic rings. The Morgan fingerprint density at radius 1 is 1.04 bits per heavy atom. The first-order valence-corrected chi connectivity index (χ1v) is 9.01. The Kier molecular flexibility index (Phi) is 8.04. The Labute approximate surface area is 168 Å². The van der Waals surface area contributed by atoms with E-state index in [1.807, 2.05) is 36.4 Å². The Morgan fingerprint density at radius 2 is 1.74 bits per heavy atom. The number of hydrogen-bond donors (Lipinski definition) is 2. The minimum atomic E-state index is -0.347. The molecule has 0 aromatic heterocycles. The van der Waals surface area contributed by atoms with E-state index in [4.69, 9.17) is 23.2 Å². The fraction of sp³-hybridized carbons (Fsp3) is 0.150. The zero-order valence-electron chi connectivity index (χ0n) is 14.7. The van der Waals surface area contributed by atoms with Gasteiger partial charge in [-0.25, -0.2) is 5.43 Å². The van der Waals surface area contributed by atoms with Crippen molar-refractivity contribution in [3.8, 4) is 0 Å². The summed E-state index contributed by atoms with van der Waals surface area (Å²) in [6, 6.07) is 14.5. The van der Waals surface area contributed by atoms with Gasteiger partial charge in [0.2, 0.25) is 11.8 Å². The quantitative estimate of drug-likeness (QED) is 0.508. The van der Waals surface area contributed by atoms with E-state index in [0.29, 0.717) is 21.4 Å². The fourth-order valence-corrected chi connectivity index (χ4v) is 2.51. The van der Waals surface area contributed by atoms with Gasteiger partial charge in [0.1, 0.15) is 0 Å². The van der Waals surface area contributed by atoms with Gasteiger partial charge in [-0.05, 0) is 36.8 Å². The summed E-state index contributed by atoms with van der Waals surface area (Å²) in [7, 11) is 0. The molecule has 27 heavy (non-hydrogen) atoms. The van der Waals surface area contributed by atoms with Crippen molar-refractivity contribution in [1.82, 2.24) is 5.43 Å². The fourth-order valence-electron chi connectivity index (χ4n) is 2.06. The van der Waals surface area contributed by atoms with E-state index in [-0.39, 0.29) is 24.7 Å². The highest BCUT2D eigenvalue weighted by molar-refractivity contribution is 6.36. The average molecular weight is 404 g/mol. The number of nitrogens with one attached hydrogen (secondary N) is 2. The highest BCUT2D eigenvalue weighted by Crippen LogP contribution is 2.25. The van der Waals surface area contributed by atoms with Crippen LogP contribution in [-0.4, -0.2) is 17.5 Å². The molecule has 0 atom stereocenters. The Hall–Kier alpha value is -2.63. The third-order valence-corrected chi connectivity index (χ3v) is 4.01. The monoisotopic (exact) mass is 403 g/mol. The number of rotatable bonds is 7. The standard InChI is InChI=1S/C20H19Cl2N3O2/c1-14(7-8-15-5-3-2-4-6-15)24-25-20(27)12-11-19(26)23-18-10-9-16(21)13-17(18)22/h2-10,13H,11-12H2,1H3,(H,23,26)(H,25,27)/b8-7+,24-14+. The van der Waals surface area contributed by atoms with E-state index < -0.39 is 0 Å². The van der Waals surface area contributed by atoms with Gasteiger partial charge in [0.15, 0.2) is 0 Å². The van der Waals surface area contributed by atoms with Crippen LogP contribution >= 0.6 is 23.2 Å². The molecule has 0 saturated heterocycles. The van der Waals surface area contributed by atoms with Crippen LogP contribution < -0.4 is 10.7 Å². The van der Waals surface area contributed by atoms with E-state index in [0.717, 1.165) is 5.56 Å². The number of amides is 2.